The van der Waals surface area contributed by atoms with Crippen LogP contribution in [0.1, 0.15) is 28.2 Å². The number of amides is 1. The van der Waals surface area contributed by atoms with E-state index in [1.807, 2.05) is 0 Å². The molecule has 1 amide bonds. The maximum Gasteiger partial charge on any atom is 0.417 e. The van der Waals surface area contributed by atoms with E-state index in [1.54, 1.807) is 24.6 Å². The van der Waals surface area contributed by atoms with Crippen molar-refractivity contribution in [2.75, 3.05) is 18.0 Å². The number of aliphatic hydroxyl groups excluding tert-OH is 1. The minimum atomic E-state index is -4.76. The van der Waals surface area contributed by atoms with Crippen LogP contribution >= 0.6 is 22.6 Å². The molecule has 2 aromatic heterocycles. The summed E-state index contributed by atoms with van der Waals surface area (Å²) in [5.41, 5.74) is 0.393. The average Bonchev–Trinajstić information content (AvgIpc) is 3.42. The van der Waals surface area contributed by atoms with E-state index >= 15 is 0 Å². The third-order valence-electron chi connectivity index (χ3n) is 6.09. The number of aliphatic hydroxyl groups is 1. The minimum absolute atomic E-state index is 0.0288. The maximum absolute atomic E-state index is 14.9. The smallest absolute Gasteiger partial charge is 0.390 e. The van der Waals surface area contributed by atoms with Crippen LogP contribution in [0.25, 0.3) is 11.1 Å². The summed E-state index contributed by atoms with van der Waals surface area (Å²) in [7, 11) is 0. The van der Waals surface area contributed by atoms with Crippen LogP contribution in [-0.4, -0.2) is 54.3 Å². The van der Waals surface area contributed by atoms with Gasteiger partial charge in [-0.1, -0.05) is 0 Å². The number of alkyl halides is 4. The van der Waals surface area contributed by atoms with Crippen LogP contribution in [0.15, 0.2) is 24.5 Å². The lowest BCUT2D eigenvalue weighted by Gasteiger charge is -2.50. The Morgan fingerprint density at radius 1 is 1.32 bits per heavy atom. The van der Waals surface area contributed by atoms with Gasteiger partial charge in [0.15, 0.2) is 4.05 Å². The Labute approximate surface area is 220 Å². The minimum Gasteiger partial charge on any atom is -0.390 e. The number of carbonyl (C=O) groups is 1. The van der Waals surface area contributed by atoms with Gasteiger partial charge in [0.05, 0.1) is 42.2 Å². The Morgan fingerprint density at radius 3 is 2.59 bits per heavy atom. The average molecular weight is 635 g/mol. The first kappa shape index (κ1) is 26.8. The SMILES string of the molecule is Cc1[nH]ncc1-c1cn(C2(CC#N)CN(c3cc(F)c(C(=O)N[C@@H](I)C(F)(F)F)cc3F)C2)nc1CO. The van der Waals surface area contributed by atoms with Gasteiger partial charge in [-0.15, -0.1) is 0 Å². The zero-order chi connectivity index (χ0) is 27.1. The molecule has 0 saturated carbocycles. The molecule has 1 atom stereocenters. The first-order valence-electron chi connectivity index (χ1n) is 10.7. The van der Waals surface area contributed by atoms with Gasteiger partial charge in [-0.25, -0.2) is 8.78 Å². The van der Waals surface area contributed by atoms with Crippen molar-refractivity contribution in [2.45, 2.75) is 35.7 Å². The number of nitrogens with zero attached hydrogens (tertiary/aromatic N) is 5. The van der Waals surface area contributed by atoms with E-state index in [0.29, 0.717) is 22.9 Å². The number of nitriles is 1. The Morgan fingerprint density at radius 2 is 2.03 bits per heavy atom. The summed E-state index contributed by atoms with van der Waals surface area (Å²) >= 11 is 0.935. The van der Waals surface area contributed by atoms with Crippen molar-refractivity contribution in [3.8, 4) is 17.2 Å². The molecule has 1 aromatic carbocycles. The highest BCUT2D eigenvalue weighted by molar-refractivity contribution is 14.1. The first-order valence-corrected chi connectivity index (χ1v) is 12.0. The van der Waals surface area contributed by atoms with Crippen molar-refractivity contribution >= 4 is 34.2 Å². The molecule has 15 heteroatoms. The van der Waals surface area contributed by atoms with Crippen molar-refractivity contribution in [1.82, 2.24) is 25.3 Å². The van der Waals surface area contributed by atoms with Gasteiger partial charge >= 0.3 is 6.18 Å². The summed E-state index contributed by atoms with van der Waals surface area (Å²) in [6.45, 7) is 1.50. The van der Waals surface area contributed by atoms with E-state index < -0.39 is 38.9 Å². The Hall–Kier alpha value is -3.26. The molecule has 0 bridgehead atoms. The second-order valence-electron chi connectivity index (χ2n) is 8.58. The number of carbonyl (C=O) groups excluding carboxylic acids is 1. The summed E-state index contributed by atoms with van der Waals surface area (Å²) in [4.78, 5) is 13.5. The highest BCUT2D eigenvalue weighted by Crippen LogP contribution is 2.39. The number of hydrogen-bond donors (Lipinski definition) is 3. The molecular weight excluding hydrogens is 616 g/mol. The topological polar surface area (TPSA) is 123 Å². The zero-order valence-corrected chi connectivity index (χ0v) is 21.2. The van der Waals surface area contributed by atoms with Crippen molar-refractivity contribution in [1.29, 1.82) is 5.26 Å². The third-order valence-corrected chi connectivity index (χ3v) is 7.11. The highest BCUT2D eigenvalue weighted by atomic mass is 127. The van der Waals surface area contributed by atoms with Gasteiger partial charge in [-0.2, -0.15) is 28.6 Å². The molecule has 0 spiro atoms. The van der Waals surface area contributed by atoms with Gasteiger partial charge in [0, 0.05) is 42.2 Å². The van der Waals surface area contributed by atoms with Crippen LogP contribution in [0, 0.1) is 29.9 Å². The van der Waals surface area contributed by atoms with E-state index in [4.69, 9.17) is 0 Å². The first-order chi connectivity index (χ1) is 17.4. The lowest BCUT2D eigenvalue weighted by atomic mass is 9.86. The van der Waals surface area contributed by atoms with E-state index in [1.165, 1.54) is 9.58 Å². The molecule has 3 aromatic rings. The van der Waals surface area contributed by atoms with Crippen molar-refractivity contribution in [3.63, 3.8) is 0 Å². The molecule has 1 aliphatic rings. The van der Waals surface area contributed by atoms with Crippen LogP contribution in [0.5, 0.6) is 0 Å². The lowest BCUT2D eigenvalue weighted by Crippen LogP contribution is -2.63. The molecule has 196 valence electrons. The van der Waals surface area contributed by atoms with Crippen LogP contribution in [0.3, 0.4) is 0 Å². The standard InChI is InChI=1S/C22H19F5IN7O2/c1-11-13(6-30-32-11)14-7-35(33-17(14)8-36)21(2-3-29)9-34(10-21)18-5-15(23)12(4-16(18)24)19(37)31-20(28)22(25,26)27/h4-7,20,36H,2,8-10H2,1H3,(H,30,32)(H,31,37)/t20-/m1/s1. The largest absolute Gasteiger partial charge is 0.417 e. The van der Waals surface area contributed by atoms with Crippen LogP contribution in [0.4, 0.5) is 27.6 Å². The fourth-order valence-corrected chi connectivity index (χ4v) is 4.45. The fraction of sp³-hybridized carbons (Fsp3) is 0.364. The number of aromatic nitrogens is 4. The molecule has 3 N–H and O–H groups in total. The fourth-order valence-electron chi connectivity index (χ4n) is 4.16. The van der Waals surface area contributed by atoms with Gasteiger partial charge in [-0.05, 0) is 35.6 Å². The molecule has 1 aliphatic heterocycles. The number of hydrogen-bond acceptors (Lipinski definition) is 6. The number of nitrogens with one attached hydrogen (secondary N) is 2. The molecule has 1 saturated heterocycles. The molecule has 37 heavy (non-hydrogen) atoms. The van der Waals surface area contributed by atoms with Gasteiger partial charge in [-0.3, -0.25) is 14.6 Å². The van der Waals surface area contributed by atoms with E-state index in [-0.39, 0.29) is 31.8 Å². The maximum atomic E-state index is 14.9. The molecule has 0 unspecified atom stereocenters. The number of halogens is 6. The summed E-state index contributed by atoms with van der Waals surface area (Å²) in [5.74, 6) is -3.62. The van der Waals surface area contributed by atoms with Crippen molar-refractivity contribution in [2.24, 2.45) is 0 Å². The quantitative estimate of drug-likeness (QED) is 0.158. The monoisotopic (exact) mass is 635 g/mol. The second kappa shape index (κ2) is 9.89. The number of aryl methyl sites for hydroxylation is 1. The van der Waals surface area contributed by atoms with Gasteiger partial charge in [0.1, 0.15) is 17.2 Å². The molecule has 9 nitrogen and oxygen atoms in total. The number of benzene rings is 1. The normalized spacial score (nSPS) is 15.7. The number of rotatable bonds is 7. The van der Waals surface area contributed by atoms with Gasteiger partial charge < -0.3 is 15.3 Å². The molecule has 0 radical (unpaired) electrons. The Kier molecular flexibility index (Phi) is 7.16. The van der Waals surface area contributed by atoms with E-state index in [0.717, 1.165) is 34.4 Å². The molecular formula is C22H19F5IN7O2. The number of anilines is 1. The Balaban J connectivity index is 1.59. The molecule has 4 rings (SSSR count). The van der Waals surface area contributed by atoms with Crippen LogP contribution < -0.4 is 10.2 Å². The summed E-state index contributed by atoms with van der Waals surface area (Å²) < 4.78 is 66.9. The van der Waals surface area contributed by atoms with Crippen LogP contribution in [-0.2, 0) is 12.1 Å². The summed E-state index contributed by atoms with van der Waals surface area (Å²) in [5, 5.41) is 32.0. The van der Waals surface area contributed by atoms with Gasteiger partial charge in [0.2, 0.25) is 0 Å². The zero-order valence-electron chi connectivity index (χ0n) is 19.1. The van der Waals surface area contributed by atoms with Crippen molar-refractivity contribution < 1.29 is 31.9 Å². The van der Waals surface area contributed by atoms with Crippen molar-refractivity contribution in [3.05, 3.63) is 53.1 Å². The molecule has 1 fully saturated rings. The number of aromatic amines is 1. The predicted octanol–water partition coefficient (Wildman–Crippen LogP) is 3.53. The van der Waals surface area contributed by atoms with Crippen LogP contribution in [0.2, 0.25) is 0 Å². The van der Waals surface area contributed by atoms with E-state index in [9.17, 15) is 37.1 Å². The van der Waals surface area contributed by atoms with E-state index in [2.05, 4.69) is 21.4 Å². The molecule has 3 heterocycles. The second-order valence-corrected chi connectivity index (χ2v) is 9.82. The molecule has 0 aliphatic carbocycles. The Bertz CT molecular complexity index is 1370. The predicted molar refractivity (Wildman–Crippen MR) is 129 cm³/mol. The summed E-state index contributed by atoms with van der Waals surface area (Å²) in [6, 6.07) is 3.35. The lowest BCUT2D eigenvalue weighted by molar-refractivity contribution is -0.128. The summed E-state index contributed by atoms with van der Waals surface area (Å²) in [6.07, 6.45) is -1.56. The third kappa shape index (κ3) is 4.99. The van der Waals surface area contributed by atoms with Gasteiger partial charge in [0.25, 0.3) is 5.91 Å². The number of H-pyrrole nitrogens is 1. The highest BCUT2D eigenvalue weighted by Gasteiger charge is 2.47.